The molecule has 19 heavy (non-hydrogen) atoms. The average molecular weight is 282 g/mol. The Hall–Kier alpha value is -1.39. The fraction of sp³-hybridized carbons (Fsp3) is 0.357. The van der Waals surface area contributed by atoms with Crippen LogP contribution in [0.25, 0.3) is 11.3 Å². The van der Waals surface area contributed by atoms with Crippen LogP contribution in [0.1, 0.15) is 32.5 Å². The number of aromatic nitrogens is 2. The molecule has 2 rings (SSSR count). The van der Waals surface area contributed by atoms with Crippen LogP contribution < -0.4 is 5.73 Å². The normalized spacial score (nSPS) is 11.8. The summed E-state index contributed by atoms with van der Waals surface area (Å²) in [6.45, 7) is 4.06. The summed E-state index contributed by atoms with van der Waals surface area (Å²) in [5, 5.41) is 0.0960. The van der Waals surface area contributed by atoms with Crippen LogP contribution in [0.2, 0.25) is 5.02 Å². The second kappa shape index (κ2) is 5.31. The first-order valence-corrected chi connectivity index (χ1v) is 6.67. The highest BCUT2D eigenvalue weighted by molar-refractivity contribution is 6.31. The fourth-order valence-electron chi connectivity index (χ4n) is 1.97. The van der Waals surface area contributed by atoms with E-state index in [1.807, 2.05) is 13.8 Å². The van der Waals surface area contributed by atoms with Crippen LogP contribution in [-0.2, 0) is 5.54 Å². The lowest BCUT2D eigenvalue weighted by atomic mass is 9.93. The number of rotatable bonds is 4. The van der Waals surface area contributed by atoms with E-state index in [1.165, 1.54) is 6.07 Å². The average Bonchev–Trinajstić information content (AvgIpc) is 2.91. The lowest BCUT2D eigenvalue weighted by Crippen LogP contribution is -2.36. The van der Waals surface area contributed by atoms with Gasteiger partial charge in [0.05, 0.1) is 22.5 Å². The van der Waals surface area contributed by atoms with Crippen LogP contribution in [0.15, 0.2) is 24.4 Å². The molecular formula is C14H17ClFN3. The van der Waals surface area contributed by atoms with Crippen molar-refractivity contribution in [2.75, 3.05) is 0 Å². The van der Waals surface area contributed by atoms with Gasteiger partial charge in [-0.15, -0.1) is 0 Å². The maximum absolute atomic E-state index is 13.1. The van der Waals surface area contributed by atoms with Crippen molar-refractivity contribution in [1.29, 1.82) is 0 Å². The van der Waals surface area contributed by atoms with Crippen LogP contribution in [0, 0.1) is 5.82 Å². The standard InChI is InChI=1S/C14H17ClFN3/c1-3-14(17,4-2)13-18-8-12(19-13)9-5-6-11(16)10(15)7-9/h5-8H,3-4,17H2,1-2H3,(H,18,19). The first kappa shape index (κ1) is 14.0. The number of H-pyrrole nitrogens is 1. The van der Waals surface area contributed by atoms with Gasteiger partial charge >= 0.3 is 0 Å². The zero-order valence-electron chi connectivity index (χ0n) is 11.0. The molecule has 3 N–H and O–H groups in total. The van der Waals surface area contributed by atoms with Crippen LogP contribution in [-0.4, -0.2) is 9.97 Å². The van der Waals surface area contributed by atoms with Gasteiger partial charge in [0.15, 0.2) is 0 Å². The van der Waals surface area contributed by atoms with Gasteiger partial charge in [-0.25, -0.2) is 9.37 Å². The quantitative estimate of drug-likeness (QED) is 0.894. The highest BCUT2D eigenvalue weighted by Crippen LogP contribution is 2.27. The second-order valence-corrected chi connectivity index (χ2v) is 5.04. The highest BCUT2D eigenvalue weighted by atomic mass is 35.5. The molecule has 0 saturated carbocycles. The largest absolute Gasteiger partial charge is 0.340 e. The maximum atomic E-state index is 13.1. The van der Waals surface area contributed by atoms with Gasteiger partial charge in [-0.3, -0.25) is 0 Å². The van der Waals surface area contributed by atoms with E-state index in [1.54, 1.807) is 18.3 Å². The number of hydrogen-bond donors (Lipinski definition) is 2. The van der Waals surface area contributed by atoms with E-state index >= 15 is 0 Å². The number of halogens is 2. The van der Waals surface area contributed by atoms with Crippen LogP contribution in [0.4, 0.5) is 4.39 Å². The summed E-state index contributed by atoms with van der Waals surface area (Å²) in [6.07, 6.45) is 3.28. The molecule has 1 aromatic heterocycles. The SMILES string of the molecule is CCC(N)(CC)c1ncc(-c2ccc(F)c(Cl)c2)[nH]1. The molecule has 0 saturated heterocycles. The molecule has 1 heterocycles. The van der Waals surface area contributed by atoms with Crippen molar-refractivity contribution in [2.45, 2.75) is 32.2 Å². The predicted molar refractivity (Wildman–Crippen MR) is 75.4 cm³/mol. The third-order valence-corrected chi connectivity index (χ3v) is 3.83. The molecule has 2 aromatic rings. The summed E-state index contributed by atoms with van der Waals surface area (Å²) >= 11 is 5.78. The van der Waals surface area contributed by atoms with Gasteiger partial charge < -0.3 is 10.7 Å². The number of nitrogens with zero attached hydrogens (tertiary/aromatic N) is 1. The smallest absolute Gasteiger partial charge is 0.141 e. The minimum atomic E-state index is -0.456. The van der Waals surface area contributed by atoms with Crippen molar-refractivity contribution in [3.63, 3.8) is 0 Å². The Bertz CT molecular complexity index is 576. The van der Waals surface area contributed by atoms with Gasteiger partial charge in [-0.1, -0.05) is 25.4 Å². The Morgan fingerprint density at radius 1 is 1.37 bits per heavy atom. The number of nitrogens with one attached hydrogen (secondary N) is 1. The van der Waals surface area contributed by atoms with E-state index in [2.05, 4.69) is 9.97 Å². The van der Waals surface area contributed by atoms with E-state index in [0.29, 0.717) is 0 Å². The van der Waals surface area contributed by atoms with Gasteiger partial charge in [0, 0.05) is 5.56 Å². The zero-order chi connectivity index (χ0) is 14.0. The van der Waals surface area contributed by atoms with Gasteiger partial charge in [0.2, 0.25) is 0 Å². The lowest BCUT2D eigenvalue weighted by molar-refractivity contribution is 0.391. The zero-order valence-corrected chi connectivity index (χ0v) is 11.8. The molecule has 102 valence electrons. The Labute approximate surface area is 117 Å². The summed E-state index contributed by atoms with van der Waals surface area (Å²) in [5.41, 5.74) is 7.40. The van der Waals surface area contributed by atoms with Crippen molar-refractivity contribution in [3.8, 4) is 11.3 Å². The van der Waals surface area contributed by atoms with Gasteiger partial charge in [-0.05, 0) is 31.0 Å². The fourth-order valence-corrected chi connectivity index (χ4v) is 2.15. The number of imidazole rings is 1. The Morgan fingerprint density at radius 3 is 2.63 bits per heavy atom. The summed E-state index contributed by atoms with van der Waals surface area (Å²) in [7, 11) is 0. The maximum Gasteiger partial charge on any atom is 0.141 e. The second-order valence-electron chi connectivity index (χ2n) is 4.64. The monoisotopic (exact) mass is 281 g/mol. The molecule has 0 radical (unpaired) electrons. The third-order valence-electron chi connectivity index (χ3n) is 3.54. The highest BCUT2D eigenvalue weighted by Gasteiger charge is 2.26. The summed E-state index contributed by atoms with van der Waals surface area (Å²) in [6, 6.07) is 4.58. The number of aromatic amines is 1. The summed E-state index contributed by atoms with van der Waals surface area (Å²) < 4.78 is 13.1. The molecule has 0 fully saturated rings. The van der Waals surface area contributed by atoms with E-state index in [4.69, 9.17) is 17.3 Å². The molecule has 5 heteroatoms. The van der Waals surface area contributed by atoms with E-state index in [-0.39, 0.29) is 5.02 Å². The minimum absolute atomic E-state index is 0.0960. The molecule has 0 aliphatic carbocycles. The van der Waals surface area contributed by atoms with E-state index < -0.39 is 11.4 Å². The molecule has 1 aromatic carbocycles. The minimum Gasteiger partial charge on any atom is -0.340 e. The Kier molecular flexibility index (Phi) is 3.92. The molecule has 0 bridgehead atoms. The Balaban J connectivity index is 2.38. The van der Waals surface area contributed by atoms with Crippen molar-refractivity contribution in [3.05, 3.63) is 41.1 Å². The summed E-state index contributed by atoms with van der Waals surface area (Å²) in [5.74, 6) is 0.313. The number of benzene rings is 1. The molecule has 0 spiro atoms. The molecule has 0 unspecified atom stereocenters. The van der Waals surface area contributed by atoms with Crippen molar-refractivity contribution in [2.24, 2.45) is 5.73 Å². The van der Waals surface area contributed by atoms with Crippen molar-refractivity contribution >= 4 is 11.6 Å². The topological polar surface area (TPSA) is 54.7 Å². The first-order valence-electron chi connectivity index (χ1n) is 6.30. The van der Waals surface area contributed by atoms with Crippen molar-refractivity contribution < 1.29 is 4.39 Å². The van der Waals surface area contributed by atoms with Crippen molar-refractivity contribution in [1.82, 2.24) is 9.97 Å². The molecule has 0 aliphatic rings. The van der Waals surface area contributed by atoms with E-state index in [0.717, 1.165) is 29.9 Å². The number of hydrogen-bond acceptors (Lipinski definition) is 2. The third kappa shape index (κ3) is 2.65. The van der Waals surface area contributed by atoms with Crippen LogP contribution in [0.3, 0.4) is 0 Å². The first-order chi connectivity index (χ1) is 9.00. The van der Waals surface area contributed by atoms with Crippen LogP contribution in [0.5, 0.6) is 0 Å². The van der Waals surface area contributed by atoms with Gasteiger partial charge in [0.1, 0.15) is 11.6 Å². The predicted octanol–water partition coefficient (Wildman–Crippen LogP) is 3.84. The lowest BCUT2D eigenvalue weighted by Gasteiger charge is -2.23. The number of nitrogens with two attached hydrogens (primary N) is 1. The molecule has 0 atom stereocenters. The summed E-state index contributed by atoms with van der Waals surface area (Å²) in [4.78, 5) is 7.54. The Morgan fingerprint density at radius 2 is 2.05 bits per heavy atom. The van der Waals surface area contributed by atoms with Gasteiger partial charge in [-0.2, -0.15) is 0 Å². The molecular weight excluding hydrogens is 265 g/mol. The molecule has 3 nitrogen and oxygen atoms in total. The van der Waals surface area contributed by atoms with Gasteiger partial charge in [0.25, 0.3) is 0 Å². The molecule has 0 aliphatic heterocycles. The molecule has 0 amide bonds. The van der Waals surface area contributed by atoms with Crippen LogP contribution >= 0.6 is 11.6 Å². The van der Waals surface area contributed by atoms with E-state index in [9.17, 15) is 4.39 Å².